The van der Waals surface area contributed by atoms with Gasteiger partial charge in [0.15, 0.2) is 0 Å². The normalized spacial score (nSPS) is 11.8. The molecule has 1 N–H and O–H groups in total. The molecule has 0 fully saturated rings. The lowest BCUT2D eigenvalue weighted by atomic mass is 10.1. The van der Waals surface area contributed by atoms with Crippen molar-refractivity contribution in [1.82, 2.24) is 10.2 Å². The van der Waals surface area contributed by atoms with Crippen molar-refractivity contribution < 1.29 is 9.53 Å². The predicted molar refractivity (Wildman–Crippen MR) is 82.0 cm³/mol. The number of rotatable bonds is 8. The van der Waals surface area contributed by atoms with Gasteiger partial charge in [0.25, 0.3) is 0 Å². The number of benzene rings is 1. The van der Waals surface area contributed by atoms with Crippen LogP contribution in [0, 0.1) is 17.2 Å². The van der Waals surface area contributed by atoms with Gasteiger partial charge in [-0.1, -0.05) is 6.92 Å². The molecule has 0 bridgehead atoms. The largest absolute Gasteiger partial charge is 0.494 e. The second kappa shape index (κ2) is 8.98. The molecule has 0 aliphatic heterocycles. The quantitative estimate of drug-likeness (QED) is 0.739. The topological polar surface area (TPSA) is 65.4 Å². The van der Waals surface area contributed by atoms with Crippen molar-refractivity contribution in [2.75, 3.05) is 33.8 Å². The second-order valence-corrected chi connectivity index (χ2v) is 5.12. The van der Waals surface area contributed by atoms with Crippen LogP contribution < -0.4 is 10.1 Å². The van der Waals surface area contributed by atoms with Gasteiger partial charge in [0.1, 0.15) is 5.75 Å². The Morgan fingerprint density at radius 3 is 2.67 bits per heavy atom. The molecule has 1 aromatic carbocycles. The summed E-state index contributed by atoms with van der Waals surface area (Å²) < 4.78 is 5.61. The van der Waals surface area contributed by atoms with Crippen molar-refractivity contribution in [3.63, 3.8) is 0 Å². The van der Waals surface area contributed by atoms with Crippen LogP contribution in [0.4, 0.5) is 0 Å². The molecule has 0 spiro atoms. The number of carbonyl (C=O) groups is 1. The fraction of sp³-hybridized carbons (Fsp3) is 0.500. The number of amides is 1. The van der Waals surface area contributed by atoms with E-state index in [1.54, 1.807) is 31.3 Å². The van der Waals surface area contributed by atoms with E-state index >= 15 is 0 Å². The molecule has 0 aromatic heterocycles. The second-order valence-electron chi connectivity index (χ2n) is 5.12. The van der Waals surface area contributed by atoms with Gasteiger partial charge in [0.05, 0.1) is 18.2 Å². The molecule has 0 aliphatic rings. The molecule has 5 heteroatoms. The van der Waals surface area contributed by atoms with Crippen molar-refractivity contribution in [2.45, 2.75) is 13.3 Å². The third kappa shape index (κ3) is 6.28. The minimum absolute atomic E-state index is 0.0144. The van der Waals surface area contributed by atoms with Crippen LogP contribution in [0.3, 0.4) is 0 Å². The molecular formula is C16H23N3O2. The molecule has 0 radical (unpaired) electrons. The maximum atomic E-state index is 11.4. The molecule has 0 aliphatic carbocycles. The Bertz CT molecular complexity index is 479. The Balaban J connectivity index is 2.21. The van der Waals surface area contributed by atoms with Gasteiger partial charge in [0.2, 0.25) is 5.91 Å². The van der Waals surface area contributed by atoms with E-state index in [2.05, 4.69) is 16.3 Å². The summed E-state index contributed by atoms with van der Waals surface area (Å²) in [7, 11) is 3.66. The first-order chi connectivity index (χ1) is 10.1. The number of nitrogens with zero attached hydrogens (tertiary/aromatic N) is 2. The summed E-state index contributed by atoms with van der Waals surface area (Å²) in [6, 6.07) is 9.16. The van der Waals surface area contributed by atoms with Gasteiger partial charge in [-0.25, -0.2) is 0 Å². The Morgan fingerprint density at radius 2 is 2.10 bits per heavy atom. The molecule has 0 heterocycles. The van der Waals surface area contributed by atoms with Crippen molar-refractivity contribution in [3.8, 4) is 11.8 Å². The molecule has 1 atom stereocenters. The zero-order valence-corrected chi connectivity index (χ0v) is 12.9. The Labute approximate surface area is 126 Å². The first-order valence-electron chi connectivity index (χ1n) is 7.10. The van der Waals surface area contributed by atoms with E-state index in [0.717, 1.165) is 25.3 Å². The Hall–Kier alpha value is -2.06. The highest BCUT2D eigenvalue weighted by Gasteiger charge is 2.13. The van der Waals surface area contributed by atoms with E-state index < -0.39 is 0 Å². The highest BCUT2D eigenvalue weighted by atomic mass is 16.5. The summed E-state index contributed by atoms with van der Waals surface area (Å²) in [4.78, 5) is 13.6. The van der Waals surface area contributed by atoms with Gasteiger partial charge in [0, 0.05) is 26.1 Å². The number of hydrogen-bond acceptors (Lipinski definition) is 4. The van der Waals surface area contributed by atoms with E-state index in [4.69, 9.17) is 10.00 Å². The van der Waals surface area contributed by atoms with E-state index in [0.29, 0.717) is 12.2 Å². The summed E-state index contributed by atoms with van der Waals surface area (Å²) in [6.45, 7) is 4.14. The van der Waals surface area contributed by atoms with Crippen LogP contribution in [0.15, 0.2) is 24.3 Å². The van der Waals surface area contributed by atoms with Gasteiger partial charge >= 0.3 is 0 Å². The number of nitrogens with one attached hydrogen (secondary N) is 1. The molecule has 21 heavy (non-hydrogen) atoms. The van der Waals surface area contributed by atoms with Crippen LogP contribution >= 0.6 is 0 Å². The van der Waals surface area contributed by atoms with Crippen LogP contribution in [0.5, 0.6) is 5.75 Å². The summed E-state index contributed by atoms with van der Waals surface area (Å²) in [6.07, 6.45) is 0.886. The standard InChI is InChI=1S/C16H23N3O2/c1-13(16(20)18-2)12-19(3)9-4-10-21-15-7-5-14(11-17)6-8-15/h5-8,13H,4,9-10,12H2,1-3H3,(H,18,20). The van der Waals surface area contributed by atoms with E-state index in [-0.39, 0.29) is 11.8 Å². The molecule has 1 unspecified atom stereocenters. The first kappa shape index (κ1) is 17.0. The predicted octanol–water partition coefficient (Wildman–Crippen LogP) is 1.64. The monoisotopic (exact) mass is 289 g/mol. The van der Waals surface area contributed by atoms with Crippen molar-refractivity contribution in [3.05, 3.63) is 29.8 Å². The summed E-state index contributed by atoms with van der Waals surface area (Å²) in [5, 5.41) is 11.4. The number of hydrogen-bond donors (Lipinski definition) is 1. The average Bonchev–Trinajstić information content (AvgIpc) is 2.51. The lowest BCUT2D eigenvalue weighted by Crippen LogP contribution is -2.35. The minimum atomic E-state index is -0.0144. The average molecular weight is 289 g/mol. The minimum Gasteiger partial charge on any atom is -0.494 e. The zero-order valence-electron chi connectivity index (χ0n) is 12.9. The number of nitriles is 1. The summed E-state index contributed by atoms with van der Waals surface area (Å²) >= 11 is 0. The third-order valence-electron chi connectivity index (χ3n) is 3.22. The molecule has 0 saturated carbocycles. The highest BCUT2D eigenvalue weighted by Crippen LogP contribution is 2.11. The molecule has 0 saturated heterocycles. The maximum Gasteiger partial charge on any atom is 0.223 e. The van der Waals surface area contributed by atoms with Gasteiger partial charge in [-0.2, -0.15) is 5.26 Å². The molecular weight excluding hydrogens is 266 g/mol. The molecule has 114 valence electrons. The van der Waals surface area contributed by atoms with E-state index in [9.17, 15) is 4.79 Å². The van der Waals surface area contributed by atoms with Crippen LogP contribution in [0.1, 0.15) is 18.9 Å². The zero-order chi connectivity index (χ0) is 15.7. The van der Waals surface area contributed by atoms with Gasteiger partial charge in [-0.05, 0) is 37.7 Å². The lowest BCUT2D eigenvalue weighted by Gasteiger charge is -2.20. The Kier molecular flexibility index (Phi) is 7.27. The SMILES string of the molecule is CNC(=O)C(C)CN(C)CCCOc1ccc(C#N)cc1. The van der Waals surface area contributed by atoms with Crippen LogP contribution in [-0.2, 0) is 4.79 Å². The van der Waals surface area contributed by atoms with Crippen LogP contribution in [0.25, 0.3) is 0 Å². The maximum absolute atomic E-state index is 11.4. The van der Waals surface area contributed by atoms with Gasteiger partial charge < -0.3 is 15.0 Å². The van der Waals surface area contributed by atoms with Crippen LogP contribution in [-0.4, -0.2) is 44.6 Å². The van der Waals surface area contributed by atoms with E-state index in [1.807, 2.05) is 14.0 Å². The summed E-state index contributed by atoms with van der Waals surface area (Å²) in [5.41, 5.74) is 0.630. The fourth-order valence-electron chi connectivity index (χ4n) is 2.04. The molecule has 1 rings (SSSR count). The number of carbonyl (C=O) groups excluding carboxylic acids is 1. The van der Waals surface area contributed by atoms with Crippen molar-refractivity contribution >= 4 is 5.91 Å². The van der Waals surface area contributed by atoms with Gasteiger partial charge in [-0.15, -0.1) is 0 Å². The lowest BCUT2D eigenvalue weighted by molar-refractivity contribution is -0.124. The van der Waals surface area contributed by atoms with E-state index in [1.165, 1.54) is 0 Å². The first-order valence-corrected chi connectivity index (χ1v) is 7.10. The molecule has 5 nitrogen and oxygen atoms in total. The van der Waals surface area contributed by atoms with Crippen molar-refractivity contribution in [1.29, 1.82) is 5.26 Å². The summed E-state index contributed by atoms with van der Waals surface area (Å²) in [5.74, 6) is 0.825. The third-order valence-corrected chi connectivity index (χ3v) is 3.22. The molecule has 1 amide bonds. The molecule has 1 aromatic rings. The number of ether oxygens (including phenoxy) is 1. The van der Waals surface area contributed by atoms with Crippen molar-refractivity contribution in [2.24, 2.45) is 5.92 Å². The van der Waals surface area contributed by atoms with Crippen LogP contribution in [0.2, 0.25) is 0 Å². The Morgan fingerprint density at radius 1 is 1.43 bits per heavy atom. The highest BCUT2D eigenvalue weighted by molar-refractivity contribution is 5.78. The van der Waals surface area contributed by atoms with Gasteiger partial charge in [-0.3, -0.25) is 4.79 Å². The fourth-order valence-corrected chi connectivity index (χ4v) is 2.04. The smallest absolute Gasteiger partial charge is 0.223 e.